The third-order valence-corrected chi connectivity index (χ3v) is 4.19. The molecular weight excluding hydrogens is 232 g/mol. The van der Waals surface area contributed by atoms with E-state index < -0.39 is 22.4 Å². The second-order valence-corrected chi connectivity index (χ2v) is 5.23. The molecule has 0 fully saturated rings. The summed E-state index contributed by atoms with van der Waals surface area (Å²) in [6.45, 7) is 2.58. The number of benzene rings is 1. The third kappa shape index (κ3) is 1.89. The van der Waals surface area contributed by atoms with Crippen molar-refractivity contribution in [1.29, 1.82) is 0 Å². The van der Waals surface area contributed by atoms with Crippen LogP contribution in [0.5, 0.6) is 0 Å². The minimum absolute atomic E-state index is 0.0391. The Morgan fingerprint density at radius 2 is 2.12 bits per heavy atom. The van der Waals surface area contributed by atoms with Gasteiger partial charge in [0.25, 0.3) is 0 Å². The molecule has 0 bridgehead atoms. The van der Waals surface area contributed by atoms with E-state index in [1.807, 2.05) is 6.92 Å². The first-order chi connectivity index (χ1) is 7.65. The fraction of sp³-hybridized carbons (Fsp3) is 0.455. The molecule has 0 radical (unpaired) electrons. The fourth-order valence-electron chi connectivity index (χ4n) is 2.03. The Hall–Kier alpha value is -0.810. The van der Waals surface area contributed by atoms with E-state index >= 15 is 0 Å². The van der Waals surface area contributed by atoms with Gasteiger partial charge in [-0.3, -0.25) is 4.21 Å². The van der Waals surface area contributed by atoms with Gasteiger partial charge in [-0.15, -0.1) is 0 Å². The first-order valence-electron chi connectivity index (χ1n) is 5.24. The second kappa shape index (κ2) is 4.59. The van der Waals surface area contributed by atoms with Gasteiger partial charge in [0.15, 0.2) is 0 Å². The fourth-order valence-corrected chi connectivity index (χ4v) is 3.45. The number of hydrogen-bond acceptors (Lipinski definition) is 2. The average molecular weight is 245 g/mol. The molecule has 2 atom stereocenters. The maximum Gasteiger partial charge on any atom is 0.139 e. The zero-order valence-electron chi connectivity index (χ0n) is 8.93. The predicted octanol–water partition coefficient (Wildman–Crippen LogP) is 2.13. The van der Waals surface area contributed by atoms with Crippen LogP contribution in [0.25, 0.3) is 0 Å². The van der Waals surface area contributed by atoms with Crippen LogP contribution in [0.2, 0.25) is 0 Å². The topological polar surface area (TPSA) is 29.1 Å². The van der Waals surface area contributed by atoms with Gasteiger partial charge in [0.2, 0.25) is 0 Å². The summed E-state index contributed by atoms with van der Waals surface area (Å²) in [6.07, 6.45) is 0.577. The van der Waals surface area contributed by atoms with Crippen molar-refractivity contribution in [3.8, 4) is 0 Å². The average Bonchev–Trinajstić information content (AvgIpc) is 2.26. The van der Waals surface area contributed by atoms with Gasteiger partial charge < -0.3 is 5.32 Å². The van der Waals surface area contributed by atoms with Crippen molar-refractivity contribution in [3.63, 3.8) is 0 Å². The molecule has 1 aliphatic rings. The maximum absolute atomic E-state index is 13.7. The Balaban J connectivity index is 2.55. The van der Waals surface area contributed by atoms with Gasteiger partial charge in [-0.05, 0) is 25.1 Å². The zero-order valence-corrected chi connectivity index (χ0v) is 9.74. The van der Waals surface area contributed by atoms with Gasteiger partial charge in [0.1, 0.15) is 11.6 Å². The Bertz CT molecular complexity index is 436. The molecule has 1 heterocycles. The summed E-state index contributed by atoms with van der Waals surface area (Å²) in [5, 5.41) is 3.09. The van der Waals surface area contributed by atoms with E-state index in [1.54, 1.807) is 0 Å². The highest BCUT2D eigenvalue weighted by Gasteiger charge is 2.29. The maximum atomic E-state index is 13.7. The van der Waals surface area contributed by atoms with Gasteiger partial charge in [-0.2, -0.15) is 0 Å². The van der Waals surface area contributed by atoms with Crippen molar-refractivity contribution >= 4 is 10.8 Å². The Morgan fingerprint density at radius 3 is 2.81 bits per heavy atom. The van der Waals surface area contributed by atoms with Crippen molar-refractivity contribution in [2.24, 2.45) is 0 Å². The van der Waals surface area contributed by atoms with E-state index in [-0.39, 0.29) is 16.5 Å². The quantitative estimate of drug-likeness (QED) is 0.864. The zero-order chi connectivity index (χ0) is 11.7. The van der Waals surface area contributed by atoms with E-state index in [1.165, 1.54) is 0 Å². The molecule has 0 saturated heterocycles. The lowest BCUT2D eigenvalue weighted by Crippen LogP contribution is -2.29. The summed E-state index contributed by atoms with van der Waals surface area (Å²) in [6, 6.07) is 1.91. The molecule has 0 spiro atoms. The monoisotopic (exact) mass is 245 g/mol. The van der Waals surface area contributed by atoms with Crippen molar-refractivity contribution in [1.82, 2.24) is 5.32 Å². The first kappa shape index (κ1) is 11.7. The van der Waals surface area contributed by atoms with Crippen LogP contribution in [0.1, 0.15) is 24.9 Å². The molecule has 1 aromatic rings. The van der Waals surface area contributed by atoms with Gasteiger partial charge in [-0.1, -0.05) is 6.92 Å². The molecule has 88 valence electrons. The highest BCUT2D eigenvalue weighted by Crippen LogP contribution is 2.33. The number of hydrogen-bond donors (Lipinski definition) is 1. The summed E-state index contributed by atoms with van der Waals surface area (Å²) in [5.41, 5.74) is 0.242. The minimum atomic E-state index is -1.42. The number of halogens is 2. The van der Waals surface area contributed by atoms with Crippen molar-refractivity contribution in [2.75, 3.05) is 12.3 Å². The molecule has 1 N–H and O–H groups in total. The van der Waals surface area contributed by atoms with Crippen LogP contribution in [0.3, 0.4) is 0 Å². The van der Waals surface area contributed by atoms with Crippen LogP contribution >= 0.6 is 0 Å². The Morgan fingerprint density at radius 1 is 1.44 bits per heavy atom. The van der Waals surface area contributed by atoms with Gasteiger partial charge >= 0.3 is 0 Å². The standard InChI is InChI=1S/C11H13F2NOS/c1-2-14-9-5-6-16(15)11-8(13)4-3-7(12)10(9)11/h3-4,9,14H,2,5-6H2,1H3. The molecule has 1 aliphatic heterocycles. The van der Waals surface area contributed by atoms with E-state index in [2.05, 4.69) is 5.32 Å². The lowest BCUT2D eigenvalue weighted by Gasteiger charge is -2.26. The van der Waals surface area contributed by atoms with Crippen molar-refractivity contribution < 1.29 is 13.0 Å². The molecule has 2 rings (SSSR count). The van der Waals surface area contributed by atoms with Crippen molar-refractivity contribution in [3.05, 3.63) is 29.3 Å². The molecule has 1 aromatic carbocycles. The Kier molecular flexibility index (Phi) is 3.35. The van der Waals surface area contributed by atoms with Crippen LogP contribution in [0.4, 0.5) is 8.78 Å². The van der Waals surface area contributed by atoms with Crippen LogP contribution in [-0.4, -0.2) is 16.5 Å². The molecule has 2 nitrogen and oxygen atoms in total. The SMILES string of the molecule is CCNC1CCS(=O)c2c(F)ccc(F)c21. The number of fused-ring (bicyclic) bond motifs is 1. The van der Waals surface area contributed by atoms with Gasteiger partial charge in [0.05, 0.1) is 15.7 Å². The normalized spacial score (nSPS) is 24.2. The summed E-state index contributed by atoms with van der Waals surface area (Å²) < 4.78 is 38.9. The molecule has 0 aromatic heterocycles. The molecule has 2 unspecified atom stereocenters. The molecule has 5 heteroatoms. The first-order valence-corrected chi connectivity index (χ1v) is 6.56. The molecule has 16 heavy (non-hydrogen) atoms. The van der Waals surface area contributed by atoms with Crippen LogP contribution in [-0.2, 0) is 10.8 Å². The number of nitrogens with one attached hydrogen (secondary N) is 1. The lowest BCUT2D eigenvalue weighted by atomic mass is 10.0. The summed E-state index contributed by atoms with van der Waals surface area (Å²) >= 11 is 0. The summed E-state index contributed by atoms with van der Waals surface area (Å²) in [7, 11) is -1.42. The summed E-state index contributed by atoms with van der Waals surface area (Å²) in [4.78, 5) is 0.0391. The van der Waals surface area contributed by atoms with E-state index in [4.69, 9.17) is 0 Å². The molecule has 0 saturated carbocycles. The molecule has 0 aliphatic carbocycles. The highest BCUT2D eigenvalue weighted by atomic mass is 32.2. The van der Waals surface area contributed by atoms with Gasteiger partial charge in [-0.25, -0.2) is 8.78 Å². The van der Waals surface area contributed by atoms with Crippen LogP contribution in [0, 0.1) is 11.6 Å². The van der Waals surface area contributed by atoms with Gasteiger partial charge in [0, 0.05) is 17.4 Å². The smallest absolute Gasteiger partial charge is 0.139 e. The minimum Gasteiger partial charge on any atom is -0.310 e. The van der Waals surface area contributed by atoms with E-state index in [0.717, 1.165) is 12.1 Å². The Labute approximate surface area is 95.5 Å². The third-order valence-electron chi connectivity index (χ3n) is 2.71. The largest absolute Gasteiger partial charge is 0.310 e. The van der Waals surface area contributed by atoms with Crippen molar-refractivity contribution in [2.45, 2.75) is 24.3 Å². The van der Waals surface area contributed by atoms with Crippen LogP contribution in [0.15, 0.2) is 17.0 Å². The molecule has 0 amide bonds. The van der Waals surface area contributed by atoms with E-state index in [0.29, 0.717) is 18.7 Å². The highest BCUT2D eigenvalue weighted by molar-refractivity contribution is 7.85. The molecular formula is C11H13F2NOS. The van der Waals surface area contributed by atoms with Crippen LogP contribution < -0.4 is 5.32 Å². The summed E-state index contributed by atoms with van der Waals surface area (Å²) in [5.74, 6) is -0.668. The predicted molar refractivity (Wildman–Crippen MR) is 58.7 cm³/mol. The van der Waals surface area contributed by atoms with E-state index in [9.17, 15) is 13.0 Å². The second-order valence-electron chi connectivity index (χ2n) is 3.72. The number of rotatable bonds is 2. The lowest BCUT2D eigenvalue weighted by molar-refractivity contribution is 0.467.